The van der Waals surface area contributed by atoms with Gasteiger partial charge in [-0.3, -0.25) is 9.36 Å². The lowest BCUT2D eigenvalue weighted by Crippen LogP contribution is -2.51. The van der Waals surface area contributed by atoms with E-state index < -0.39 is 22.7 Å². The van der Waals surface area contributed by atoms with Crippen molar-refractivity contribution in [3.63, 3.8) is 0 Å². The number of aryl methyl sites for hydroxylation is 1. The highest BCUT2D eigenvalue weighted by Crippen LogP contribution is 2.43. The number of fused-ring (bicyclic) bond motifs is 1. The van der Waals surface area contributed by atoms with E-state index in [9.17, 15) is 14.7 Å². The minimum Gasteiger partial charge on any atom is -0.492 e. The molecule has 174 valence electrons. The highest BCUT2D eigenvalue weighted by molar-refractivity contribution is 5.93. The molecule has 8 nitrogen and oxygen atoms in total. The average Bonchev–Trinajstić information content (AvgIpc) is 3.29. The Kier molecular flexibility index (Phi) is 5.09. The molecule has 2 aliphatic carbocycles. The summed E-state index contributed by atoms with van der Waals surface area (Å²) in [6.07, 6.45) is 5.61. The first-order chi connectivity index (χ1) is 15.3. The predicted molar refractivity (Wildman–Crippen MR) is 120 cm³/mol. The number of halogens is 1. The van der Waals surface area contributed by atoms with E-state index in [1.54, 1.807) is 6.92 Å². The first-order valence-corrected chi connectivity index (χ1v) is 11.5. The molecule has 2 atom stereocenters. The van der Waals surface area contributed by atoms with E-state index in [1.807, 2.05) is 4.90 Å². The first kappa shape index (κ1) is 21.5. The van der Waals surface area contributed by atoms with Gasteiger partial charge in [-0.05, 0) is 44.9 Å². The number of aromatic nitrogens is 2. The van der Waals surface area contributed by atoms with Gasteiger partial charge in [0, 0.05) is 30.7 Å². The van der Waals surface area contributed by atoms with Crippen LogP contribution in [0.3, 0.4) is 0 Å². The molecule has 2 aromatic rings. The monoisotopic (exact) mass is 446 g/mol. The molecule has 2 saturated carbocycles. The zero-order chi connectivity index (χ0) is 22.8. The fraction of sp³-hybridized carbons (Fsp3) is 0.652. The lowest BCUT2D eigenvalue weighted by molar-refractivity contribution is 0.00442. The van der Waals surface area contributed by atoms with Crippen LogP contribution in [0.5, 0.6) is 5.75 Å². The molecular formula is C23H31FN4O4. The molecule has 1 aromatic carbocycles. The molecule has 0 amide bonds. The molecule has 1 aliphatic heterocycles. The van der Waals surface area contributed by atoms with Crippen LogP contribution >= 0.6 is 0 Å². The number of nitrogens with one attached hydrogen (secondary N) is 1. The van der Waals surface area contributed by atoms with Gasteiger partial charge in [-0.15, -0.1) is 0 Å². The molecule has 5 rings (SSSR count). The van der Waals surface area contributed by atoms with Crippen LogP contribution in [0.15, 0.2) is 9.59 Å². The third-order valence-corrected chi connectivity index (χ3v) is 7.74. The van der Waals surface area contributed by atoms with E-state index in [1.165, 1.54) is 11.7 Å². The fourth-order valence-corrected chi connectivity index (χ4v) is 5.76. The van der Waals surface area contributed by atoms with Gasteiger partial charge in [0.05, 0.1) is 18.1 Å². The summed E-state index contributed by atoms with van der Waals surface area (Å²) < 4.78 is 22.5. The number of nitrogens with two attached hydrogens (primary N) is 1. The van der Waals surface area contributed by atoms with Crippen LogP contribution in [-0.4, -0.2) is 46.5 Å². The molecule has 3 aliphatic rings. The van der Waals surface area contributed by atoms with Crippen molar-refractivity contribution >= 4 is 16.6 Å². The van der Waals surface area contributed by atoms with Gasteiger partial charge in [-0.2, -0.15) is 0 Å². The van der Waals surface area contributed by atoms with E-state index in [0.29, 0.717) is 25.9 Å². The van der Waals surface area contributed by atoms with Crippen molar-refractivity contribution in [2.24, 2.45) is 11.7 Å². The minimum absolute atomic E-state index is 0.0140. The van der Waals surface area contributed by atoms with Crippen LogP contribution in [0.1, 0.15) is 56.6 Å². The van der Waals surface area contributed by atoms with E-state index in [2.05, 4.69) is 4.98 Å². The number of H-pyrrole nitrogens is 1. The van der Waals surface area contributed by atoms with Crippen molar-refractivity contribution in [1.82, 2.24) is 9.55 Å². The number of anilines is 1. The standard InChI is InChI=1S/C23H31FN4O4/c1-12-15-17(26-22(30)28(21(15)29)14-5-6-14)19(32-2)18(16(12)24)27-10-7-13(11-27)20(25)23(31)8-3-4-9-23/h13-14,20,31H,3-11,25H2,1-2H3,(H,26,30). The van der Waals surface area contributed by atoms with Crippen LogP contribution < -0.4 is 26.6 Å². The summed E-state index contributed by atoms with van der Waals surface area (Å²) in [5.41, 5.74) is 5.33. The molecule has 3 fully saturated rings. The summed E-state index contributed by atoms with van der Waals surface area (Å²) in [6, 6.07) is -0.498. The number of aliphatic hydroxyl groups is 1. The minimum atomic E-state index is -0.859. The van der Waals surface area contributed by atoms with Crippen LogP contribution in [0.4, 0.5) is 10.1 Å². The molecular weight excluding hydrogens is 415 g/mol. The topological polar surface area (TPSA) is 114 Å². The quantitative estimate of drug-likeness (QED) is 0.647. The molecule has 0 bridgehead atoms. The number of ether oxygens (including phenoxy) is 1. The van der Waals surface area contributed by atoms with Crippen molar-refractivity contribution in [2.75, 3.05) is 25.1 Å². The van der Waals surface area contributed by atoms with Gasteiger partial charge in [0.1, 0.15) is 11.2 Å². The number of hydrogen-bond donors (Lipinski definition) is 3. The molecule has 1 aromatic heterocycles. The van der Waals surface area contributed by atoms with Crippen molar-refractivity contribution in [3.05, 3.63) is 32.2 Å². The highest BCUT2D eigenvalue weighted by Gasteiger charge is 2.44. The maximum atomic E-state index is 15.7. The van der Waals surface area contributed by atoms with E-state index >= 15 is 4.39 Å². The number of hydrogen-bond acceptors (Lipinski definition) is 6. The van der Waals surface area contributed by atoms with E-state index in [-0.39, 0.29) is 45.9 Å². The third kappa shape index (κ3) is 3.16. The van der Waals surface area contributed by atoms with Crippen LogP contribution in [-0.2, 0) is 0 Å². The first-order valence-electron chi connectivity index (χ1n) is 11.5. The Balaban J connectivity index is 1.58. The molecule has 9 heteroatoms. The fourth-order valence-electron chi connectivity index (χ4n) is 5.76. The van der Waals surface area contributed by atoms with Gasteiger partial charge in [-0.1, -0.05) is 12.8 Å². The van der Waals surface area contributed by atoms with Gasteiger partial charge < -0.3 is 25.5 Å². The van der Waals surface area contributed by atoms with Gasteiger partial charge in [0.2, 0.25) is 0 Å². The maximum Gasteiger partial charge on any atom is 0.329 e. The number of rotatable bonds is 5. The molecule has 0 radical (unpaired) electrons. The second-order valence-electron chi connectivity index (χ2n) is 9.74. The largest absolute Gasteiger partial charge is 0.492 e. The second kappa shape index (κ2) is 7.59. The number of aromatic amines is 1. The predicted octanol–water partition coefficient (Wildman–Crippen LogP) is 1.94. The van der Waals surface area contributed by atoms with Crippen LogP contribution in [0, 0.1) is 18.7 Å². The summed E-state index contributed by atoms with van der Waals surface area (Å²) in [5.74, 6) is -0.344. The van der Waals surface area contributed by atoms with Crippen molar-refractivity contribution in [3.8, 4) is 5.75 Å². The third-order valence-electron chi connectivity index (χ3n) is 7.74. The van der Waals surface area contributed by atoms with Crippen molar-refractivity contribution in [2.45, 2.75) is 69.6 Å². The zero-order valence-electron chi connectivity index (χ0n) is 18.6. The van der Waals surface area contributed by atoms with Crippen molar-refractivity contribution < 1.29 is 14.2 Å². The summed E-state index contributed by atoms with van der Waals surface area (Å²) in [5, 5.41) is 11.1. The molecule has 4 N–H and O–H groups in total. The Labute approximate surface area is 185 Å². The van der Waals surface area contributed by atoms with Crippen molar-refractivity contribution in [1.29, 1.82) is 0 Å². The van der Waals surface area contributed by atoms with Crippen LogP contribution in [0.25, 0.3) is 10.9 Å². The van der Waals surface area contributed by atoms with Gasteiger partial charge in [0.25, 0.3) is 5.56 Å². The maximum absolute atomic E-state index is 15.7. The molecule has 32 heavy (non-hydrogen) atoms. The second-order valence-corrected chi connectivity index (χ2v) is 9.74. The van der Waals surface area contributed by atoms with Gasteiger partial charge in [0.15, 0.2) is 11.6 Å². The molecule has 2 unspecified atom stereocenters. The average molecular weight is 447 g/mol. The Bertz CT molecular complexity index is 1180. The summed E-state index contributed by atoms with van der Waals surface area (Å²) >= 11 is 0. The van der Waals surface area contributed by atoms with E-state index in [4.69, 9.17) is 10.5 Å². The zero-order valence-corrected chi connectivity index (χ0v) is 18.6. The SMILES string of the molecule is COc1c(N2CCC(C(N)C3(O)CCCC3)C2)c(F)c(C)c2c(=O)n(C3CC3)c(=O)[nH]c12. The smallest absolute Gasteiger partial charge is 0.329 e. The molecule has 1 saturated heterocycles. The molecule has 2 heterocycles. The van der Waals surface area contributed by atoms with E-state index in [0.717, 1.165) is 32.1 Å². The molecule has 0 spiro atoms. The van der Waals surface area contributed by atoms with Gasteiger partial charge in [-0.25, -0.2) is 9.18 Å². The Morgan fingerprint density at radius 3 is 2.56 bits per heavy atom. The normalized spacial score (nSPS) is 23.8. The summed E-state index contributed by atoms with van der Waals surface area (Å²) in [7, 11) is 1.41. The Morgan fingerprint density at radius 1 is 1.25 bits per heavy atom. The lowest BCUT2D eigenvalue weighted by Gasteiger charge is -2.34. The lowest BCUT2D eigenvalue weighted by atomic mass is 9.83. The van der Waals surface area contributed by atoms with Crippen LogP contribution in [0.2, 0.25) is 0 Å². The number of methoxy groups -OCH3 is 1. The Morgan fingerprint density at radius 2 is 1.94 bits per heavy atom. The summed E-state index contributed by atoms with van der Waals surface area (Å²) in [6.45, 7) is 2.60. The van der Waals surface area contributed by atoms with Gasteiger partial charge >= 0.3 is 5.69 Å². The highest BCUT2D eigenvalue weighted by atomic mass is 19.1. The number of nitrogens with zero attached hydrogens (tertiary/aromatic N) is 2. The number of benzene rings is 1. The summed E-state index contributed by atoms with van der Waals surface area (Å²) in [4.78, 5) is 30.4. The Hall–Kier alpha value is -2.39.